The van der Waals surface area contributed by atoms with Gasteiger partial charge in [-0.2, -0.15) is 0 Å². The minimum Gasteiger partial charge on any atom is -0.478 e. The molecule has 0 radical (unpaired) electrons. The Morgan fingerprint density at radius 3 is 2.81 bits per heavy atom. The summed E-state index contributed by atoms with van der Waals surface area (Å²) < 4.78 is 0. The molecule has 1 aromatic carbocycles. The molecule has 106 valence electrons. The van der Waals surface area contributed by atoms with E-state index in [9.17, 15) is 9.90 Å². The van der Waals surface area contributed by atoms with E-state index in [2.05, 4.69) is 11.1 Å². The summed E-state index contributed by atoms with van der Waals surface area (Å²) in [5.74, 6) is -0.853. The molecule has 1 aliphatic carbocycles. The lowest BCUT2D eigenvalue weighted by atomic mass is 9.82. The molecule has 0 atom stereocenters. The van der Waals surface area contributed by atoms with Gasteiger partial charge in [-0.25, -0.2) is 4.79 Å². The van der Waals surface area contributed by atoms with E-state index in [1.165, 1.54) is 11.1 Å². The summed E-state index contributed by atoms with van der Waals surface area (Å²) >= 11 is 0. The van der Waals surface area contributed by atoms with Gasteiger partial charge in [-0.3, -0.25) is 4.98 Å². The highest BCUT2D eigenvalue weighted by atomic mass is 16.4. The maximum Gasteiger partial charge on any atom is 0.336 e. The fourth-order valence-electron chi connectivity index (χ4n) is 3.05. The first-order valence-corrected chi connectivity index (χ1v) is 7.10. The van der Waals surface area contributed by atoms with Crippen molar-refractivity contribution in [1.82, 2.24) is 4.98 Å². The minimum atomic E-state index is -0.853. The number of fused-ring (bicyclic) bond motifs is 1. The number of hydrogen-bond donors (Lipinski definition) is 1. The van der Waals surface area contributed by atoms with Crippen LogP contribution < -0.4 is 0 Å². The lowest BCUT2D eigenvalue weighted by Gasteiger charge is -2.23. The van der Waals surface area contributed by atoms with Gasteiger partial charge in [0.25, 0.3) is 0 Å². The highest BCUT2D eigenvalue weighted by Crippen LogP contribution is 2.34. The number of pyridine rings is 1. The van der Waals surface area contributed by atoms with Gasteiger partial charge < -0.3 is 5.11 Å². The Labute approximate surface area is 124 Å². The first kappa shape index (κ1) is 13.6. The molecule has 1 heterocycles. The monoisotopic (exact) mass is 279 g/mol. The average Bonchev–Trinajstić information content (AvgIpc) is 2.50. The van der Waals surface area contributed by atoms with Crippen LogP contribution in [0.3, 0.4) is 0 Å². The van der Waals surface area contributed by atoms with E-state index in [-0.39, 0.29) is 0 Å². The van der Waals surface area contributed by atoms with Crippen LogP contribution >= 0.6 is 0 Å². The molecule has 0 spiro atoms. The third-order valence-electron chi connectivity index (χ3n) is 4.12. The van der Waals surface area contributed by atoms with Gasteiger partial charge in [0.2, 0.25) is 0 Å². The van der Waals surface area contributed by atoms with Crippen LogP contribution in [0.1, 0.15) is 40.4 Å². The molecule has 21 heavy (non-hydrogen) atoms. The number of nitrogens with zero attached hydrogens (tertiary/aromatic N) is 1. The Morgan fingerprint density at radius 1 is 1.24 bits per heavy atom. The maximum absolute atomic E-state index is 11.5. The third-order valence-corrected chi connectivity index (χ3v) is 4.12. The summed E-state index contributed by atoms with van der Waals surface area (Å²) in [4.78, 5) is 15.6. The molecule has 0 saturated heterocycles. The first-order chi connectivity index (χ1) is 10.2. The fraction of sp³-hybridized carbons (Fsp3) is 0.222. The van der Waals surface area contributed by atoms with Crippen molar-refractivity contribution in [3.63, 3.8) is 0 Å². The van der Waals surface area contributed by atoms with E-state index >= 15 is 0 Å². The number of hydrogen-bond acceptors (Lipinski definition) is 2. The molecule has 0 amide bonds. The van der Waals surface area contributed by atoms with Gasteiger partial charge in [-0.15, -0.1) is 0 Å². The summed E-state index contributed by atoms with van der Waals surface area (Å²) in [5.41, 5.74) is 6.05. The predicted molar refractivity (Wildman–Crippen MR) is 82.3 cm³/mol. The molecule has 1 aromatic heterocycles. The summed E-state index contributed by atoms with van der Waals surface area (Å²) in [7, 11) is 0. The van der Waals surface area contributed by atoms with Gasteiger partial charge >= 0.3 is 5.97 Å². The number of aryl methyl sites for hydroxylation is 1. The smallest absolute Gasteiger partial charge is 0.336 e. The summed E-state index contributed by atoms with van der Waals surface area (Å²) in [6.45, 7) is 2.04. The second-order valence-corrected chi connectivity index (χ2v) is 5.41. The van der Waals surface area contributed by atoms with Crippen LogP contribution in [-0.2, 0) is 12.8 Å². The van der Waals surface area contributed by atoms with Crippen LogP contribution in [0.5, 0.6) is 0 Å². The number of carboxylic acids is 1. The molecular weight excluding hydrogens is 262 g/mol. The average molecular weight is 279 g/mol. The standard InChI is InChI=1S/C18H17NO2/c1-12-15(10-13-4-3-9-19-11-13)8-7-14-5-2-6-16(17(12)14)18(20)21/h2-6,9,11H,7-8,10H2,1H3,(H,20,21). The molecule has 3 heteroatoms. The number of aromatic carboxylic acids is 1. The number of allylic oxidation sites excluding steroid dienone is 2. The third kappa shape index (κ3) is 2.59. The molecular formula is C18H17NO2. The van der Waals surface area contributed by atoms with Crippen LogP contribution in [0, 0.1) is 0 Å². The second-order valence-electron chi connectivity index (χ2n) is 5.41. The van der Waals surface area contributed by atoms with Crippen molar-refractivity contribution < 1.29 is 9.90 Å². The van der Waals surface area contributed by atoms with Crippen LogP contribution in [0.25, 0.3) is 5.57 Å². The zero-order valence-corrected chi connectivity index (χ0v) is 12.0. The molecule has 3 rings (SSSR count). The van der Waals surface area contributed by atoms with E-state index in [1.807, 2.05) is 31.3 Å². The summed E-state index contributed by atoms with van der Waals surface area (Å²) in [6.07, 6.45) is 6.37. The van der Waals surface area contributed by atoms with Crippen molar-refractivity contribution in [2.75, 3.05) is 0 Å². The van der Waals surface area contributed by atoms with E-state index in [0.717, 1.165) is 36.0 Å². The van der Waals surface area contributed by atoms with Gasteiger partial charge in [0.15, 0.2) is 0 Å². The predicted octanol–water partition coefficient (Wildman–Crippen LogP) is 3.74. The molecule has 1 N–H and O–H groups in total. The van der Waals surface area contributed by atoms with Crippen molar-refractivity contribution >= 4 is 11.5 Å². The maximum atomic E-state index is 11.5. The molecule has 0 saturated carbocycles. The van der Waals surface area contributed by atoms with E-state index < -0.39 is 5.97 Å². The molecule has 1 aliphatic rings. The highest BCUT2D eigenvalue weighted by Gasteiger charge is 2.21. The van der Waals surface area contributed by atoms with Crippen molar-refractivity contribution in [2.24, 2.45) is 0 Å². The van der Waals surface area contributed by atoms with Crippen LogP contribution in [0.15, 0.2) is 48.3 Å². The summed E-state index contributed by atoms with van der Waals surface area (Å²) in [5, 5.41) is 9.40. The lowest BCUT2D eigenvalue weighted by Crippen LogP contribution is -2.11. The number of benzene rings is 1. The van der Waals surface area contributed by atoms with Crippen molar-refractivity contribution in [3.05, 3.63) is 70.6 Å². The van der Waals surface area contributed by atoms with Crippen molar-refractivity contribution in [1.29, 1.82) is 0 Å². The quantitative estimate of drug-likeness (QED) is 0.931. The molecule has 0 aliphatic heterocycles. The Hall–Kier alpha value is -2.42. The highest BCUT2D eigenvalue weighted by molar-refractivity contribution is 5.95. The number of carboxylic acid groups (broad SMARTS) is 1. The first-order valence-electron chi connectivity index (χ1n) is 7.10. The van der Waals surface area contributed by atoms with Gasteiger partial charge in [0.05, 0.1) is 5.56 Å². The Balaban J connectivity index is 2.04. The van der Waals surface area contributed by atoms with E-state index in [4.69, 9.17) is 0 Å². The number of carbonyl (C=O) groups is 1. The Bertz CT molecular complexity index is 717. The van der Waals surface area contributed by atoms with Crippen LogP contribution in [-0.4, -0.2) is 16.1 Å². The van der Waals surface area contributed by atoms with Gasteiger partial charge in [0, 0.05) is 12.4 Å². The molecule has 0 fully saturated rings. The normalized spacial score (nSPS) is 14.0. The minimum absolute atomic E-state index is 0.411. The molecule has 0 unspecified atom stereocenters. The van der Waals surface area contributed by atoms with E-state index in [0.29, 0.717) is 5.56 Å². The van der Waals surface area contributed by atoms with Gasteiger partial charge in [-0.1, -0.05) is 23.8 Å². The SMILES string of the molecule is CC1=C(Cc2cccnc2)CCc2cccc(C(=O)O)c21. The molecule has 0 bridgehead atoms. The topological polar surface area (TPSA) is 50.2 Å². The number of aromatic nitrogens is 1. The fourth-order valence-corrected chi connectivity index (χ4v) is 3.05. The lowest BCUT2D eigenvalue weighted by molar-refractivity contribution is 0.0696. The van der Waals surface area contributed by atoms with Gasteiger partial charge in [0.1, 0.15) is 0 Å². The van der Waals surface area contributed by atoms with Crippen LogP contribution in [0.4, 0.5) is 0 Å². The molecule has 2 aromatic rings. The summed E-state index contributed by atoms with van der Waals surface area (Å²) in [6, 6.07) is 9.56. The van der Waals surface area contributed by atoms with Gasteiger partial charge in [-0.05, 0) is 60.6 Å². The Morgan fingerprint density at radius 2 is 2.10 bits per heavy atom. The largest absolute Gasteiger partial charge is 0.478 e. The number of rotatable bonds is 3. The van der Waals surface area contributed by atoms with Crippen molar-refractivity contribution in [3.8, 4) is 0 Å². The van der Waals surface area contributed by atoms with Crippen LogP contribution in [0.2, 0.25) is 0 Å². The second kappa shape index (κ2) is 5.52. The van der Waals surface area contributed by atoms with E-state index in [1.54, 1.807) is 12.3 Å². The zero-order valence-electron chi connectivity index (χ0n) is 12.0. The zero-order chi connectivity index (χ0) is 14.8. The molecule has 3 nitrogen and oxygen atoms in total. The Kier molecular flexibility index (Phi) is 3.57. The van der Waals surface area contributed by atoms with Crippen molar-refractivity contribution in [2.45, 2.75) is 26.2 Å².